The van der Waals surface area contributed by atoms with E-state index < -0.39 is 0 Å². The van der Waals surface area contributed by atoms with E-state index in [0.29, 0.717) is 0 Å². The van der Waals surface area contributed by atoms with Crippen LogP contribution in [0, 0.1) is 0 Å². The van der Waals surface area contributed by atoms with Crippen LogP contribution in [0.15, 0.2) is 47.3 Å². The molecular weight excluding hydrogens is 282 g/mol. The van der Waals surface area contributed by atoms with Gasteiger partial charge in [0.05, 0.1) is 5.52 Å². The van der Waals surface area contributed by atoms with Crippen LogP contribution >= 0.6 is 0 Å². The van der Waals surface area contributed by atoms with Gasteiger partial charge in [0.15, 0.2) is 5.43 Å². The first kappa shape index (κ1) is 17.5. The molecule has 0 aliphatic rings. The largest absolute Gasteiger partial charge is 0.347 e. The number of hydrogen-bond acceptors (Lipinski definition) is 1. The van der Waals surface area contributed by atoms with Gasteiger partial charge in [-0.25, -0.2) is 0 Å². The van der Waals surface area contributed by atoms with E-state index in [0.717, 1.165) is 29.4 Å². The van der Waals surface area contributed by atoms with Crippen molar-refractivity contribution >= 4 is 10.9 Å². The average Bonchev–Trinajstić information content (AvgIpc) is 2.57. The SMILES string of the molecule is CCCC/C=C\CCCCCc1cc(=O)c2ccccc2n1C. The summed E-state index contributed by atoms with van der Waals surface area (Å²) in [5, 5.41) is 0.816. The molecule has 0 unspecified atom stereocenters. The van der Waals surface area contributed by atoms with E-state index in [1.807, 2.05) is 30.3 Å². The molecule has 1 aromatic heterocycles. The van der Waals surface area contributed by atoms with E-state index in [9.17, 15) is 4.79 Å². The number of para-hydroxylation sites is 1. The van der Waals surface area contributed by atoms with Gasteiger partial charge in [0, 0.05) is 24.2 Å². The van der Waals surface area contributed by atoms with Crippen molar-refractivity contribution < 1.29 is 0 Å². The topological polar surface area (TPSA) is 22.0 Å². The Kier molecular flexibility index (Phi) is 7.12. The number of fused-ring (bicyclic) bond motifs is 1. The summed E-state index contributed by atoms with van der Waals surface area (Å²) in [7, 11) is 2.06. The molecule has 0 saturated carbocycles. The molecule has 0 radical (unpaired) electrons. The van der Waals surface area contributed by atoms with Gasteiger partial charge in [0.2, 0.25) is 0 Å². The molecule has 0 spiro atoms. The number of rotatable bonds is 9. The lowest BCUT2D eigenvalue weighted by atomic mass is 10.1. The number of pyridine rings is 1. The molecule has 0 saturated heterocycles. The van der Waals surface area contributed by atoms with Crippen molar-refractivity contribution in [2.24, 2.45) is 7.05 Å². The van der Waals surface area contributed by atoms with Crippen molar-refractivity contribution in [3.05, 3.63) is 58.4 Å². The second-order valence-corrected chi connectivity index (χ2v) is 6.29. The smallest absolute Gasteiger partial charge is 0.189 e. The first-order chi connectivity index (χ1) is 11.2. The average molecular weight is 311 g/mol. The number of hydrogen-bond donors (Lipinski definition) is 0. The third-order valence-corrected chi connectivity index (χ3v) is 4.45. The van der Waals surface area contributed by atoms with Crippen molar-refractivity contribution in [2.75, 3.05) is 0 Å². The Morgan fingerprint density at radius 2 is 1.74 bits per heavy atom. The highest BCUT2D eigenvalue weighted by Gasteiger charge is 2.05. The van der Waals surface area contributed by atoms with Crippen LogP contribution in [-0.4, -0.2) is 4.57 Å². The van der Waals surface area contributed by atoms with Crippen molar-refractivity contribution in [2.45, 2.75) is 58.3 Å². The van der Waals surface area contributed by atoms with E-state index in [1.165, 1.54) is 38.5 Å². The van der Waals surface area contributed by atoms with Gasteiger partial charge in [-0.3, -0.25) is 4.79 Å². The minimum Gasteiger partial charge on any atom is -0.347 e. The fourth-order valence-corrected chi connectivity index (χ4v) is 3.00. The number of unbranched alkanes of at least 4 members (excludes halogenated alkanes) is 5. The quantitative estimate of drug-likeness (QED) is 0.449. The Bertz CT molecular complexity index is 697. The Morgan fingerprint density at radius 3 is 2.52 bits per heavy atom. The van der Waals surface area contributed by atoms with Gasteiger partial charge in [0.1, 0.15) is 0 Å². The molecule has 0 atom stereocenters. The molecule has 1 heterocycles. The molecule has 2 heteroatoms. The van der Waals surface area contributed by atoms with Crippen LogP contribution in [0.25, 0.3) is 10.9 Å². The fraction of sp³-hybridized carbons (Fsp3) is 0.476. The van der Waals surface area contributed by atoms with Crippen LogP contribution < -0.4 is 5.43 Å². The van der Waals surface area contributed by atoms with Gasteiger partial charge in [0.25, 0.3) is 0 Å². The summed E-state index contributed by atoms with van der Waals surface area (Å²) >= 11 is 0. The van der Waals surface area contributed by atoms with Crippen molar-refractivity contribution in [1.82, 2.24) is 4.57 Å². The lowest BCUT2D eigenvalue weighted by Crippen LogP contribution is -2.11. The van der Waals surface area contributed by atoms with Crippen LogP contribution in [-0.2, 0) is 13.5 Å². The summed E-state index contributed by atoms with van der Waals surface area (Å²) in [6.07, 6.45) is 14.2. The standard InChI is InChI=1S/C21H29NO/c1-3-4-5-6-7-8-9-10-11-14-18-17-21(23)19-15-12-13-16-20(19)22(18)2/h6-7,12-13,15-17H,3-5,8-11,14H2,1-2H3/b7-6-. The van der Waals surface area contributed by atoms with E-state index in [4.69, 9.17) is 0 Å². The van der Waals surface area contributed by atoms with E-state index in [1.54, 1.807) is 0 Å². The zero-order valence-electron chi connectivity index (χ0n) is 14.6. The van der Waals surface area contributed by atoms with Crippen molar-refractivity contribution in [1.29, 1.82) is 0 Å². The van der Waals surface area contributed by atoms with Gasteiger partial charge >= 0.3 is 0 Å². The number of allylic oxidation sites excluding steroid dienone is 2. The first-order valence-corrected chi connectivity index (χ1v) is 8.96. The van der Waals surface area contributed by atoms with Crippen LogP contribution in [0.1, 0.15) is 57.6 Å². The molecular formula is C21H29NO. The van der Waals surface area contributed by atoms with Crippen LogP contribution in [0.5, 0.6) is 0 Å². The van der Waals surface area contributed by atoms with Gasteiger partial charge in [-0.2, -0.15) is 0 Å². The molecule has 1 aromatic carbocycles. The van der Waals surface area contributed by atoms with Gasteiger partial charge in [-0.1, -0.05) is 50.5 Å². The summed E-state index contributed by atoms with van der Waals surface area (Å²) in [5.74, 6) is 0. The van der Waals surface area contributed by atoms with Gasteiger partial charge in [-0.05, 0) is 44.2 Å². The normalized spacial score (nSPS) is 11.6. The molecule has 2 aromatic rings. The lowest BCUT2D eigenvalue weighted by molar-refractivity contribution is 0.663. The maximum atomic E-state index is 12.2. The fourth-order valence-electron chi connectivity index (χ4n) is 3.00. The Morgan fingerprint density at radius 1 is 1.00 bits per heavy atom. The highest BCUT2D eigenvalue weighted by atomic mass is 16.1. The number of aryl methyl sites for hydroxylation is 2. The molecule has 0 amide bonds. The third-order valence-electron chi connectivity index (χ3n) is 4.45. The first-order valence-electron chi connectivity index (χ1n) is 8.96. The lowest BCUT2D eigenvalue weighted by Gasteiger charge is -2.12. The highest BCUT2D eigenvalue weighted by Crippen LogP contribution is 2.14. The third kappa shape index (κ3) is 5.09. The molecule has 124 valence electrons. The predicted octanol–water partition coefficient (Wildman–Crippen LogP) is 5.39. The maximum absolute atomic E-state index is 12.2. The van der Waals surface area contributed by atoms with Crippen molar-refractivity contribution in [3.63, 3.8) is 0 Å². The highest BCUT2D eigenvalue weighted by molar-refractivity contribution is 5.79. The van der Waals surface area contributed by atoms with Crippen molar-refractivity contribution in [3.8, 4) is 0 Å². The monoisotopic (exact) mass is 311 g/mol. The van der Waals surface area contributed by atoms with Crippen LogP contribution in [0.4, 0.5) is 0 Å². The summed E-state index contributed by atoms with van der Waals surface area (Å²) < 4.78 is 2.17. The zero-order chi connectivity index (χ0) is 16.5. The van der Waals surface area contributed by atoms with E-state index >= 15 is 0 Å². The summed E-state index contributed by atoms with van der Waals surface area (Å²) in [6, 6.07) is 9.68. The predicted molar refractivity (Wildman–Crippen MR) is 100 cm³/mol. The second-order valence-electron chi connectivity index (χ2n) is 6.29. The molecule has 2 rings (SSSR count). The molecule has 0 aliphatic heterocycles. The molecule has 0 aliphatic carbocycles. The molecule has 23 heavy (non-hydrogen) atoms. The molecule has 2 nitrogen and oxygen atoms in total. The maximum Gasteiger partial charge on any atom is 0.189 e. The van der Waals surface area contributed by atoms with E-state index in [-0.39, 0.29) is 5.43 Å². The minimum atomic E-state index is 0.146. The van der Waals surface area contributed by atoms with E-state index in [2.05, 4.69) is 30.7 Å². The molecule has 0 N–H and O–H groups in total. The molecule has 0 bridgehead atoms. The Balaban J connectivity index is 1.82. The summed E-state index contributed by atoms with van der Waals surface area (Å²) in [6.45, 7) is 2.23. The van der Waals surface area contributed by atoms with Gasteiger partial charge in [-0.15, -0.1) is 0 Å². The number of benzene rings is 1. The Labute approximate surface area is 139 Å². The number of aromatic nitrogens is 1. The Hall–Kier alpha value is -1.83. The van der Waals surface area contributed by atoms with Crippen LogP contribution in [0.3, 0.4) is 0 Å². The molecule has 0 fully saturated rings. The summed E-state index contributed by atoms with van der Waals surface area (Å²) in [5.41, 5.74) is 2.33. The van der Waals surface area contributed by atoms with Crippen LogP contribution in [0.2, 0.25) is 0 Å². The minimum absolute atomic E-state index is 0.146. The second kappa shape index (κ2) is 9.34. The van der Waals surface area contributed by atoms with Gasteiger partial charge < -0.3 is 4.57 Å². The number of nitrogens with zero attached hydrogens (tertiary/aromatic N) is 1. The zero-order valence-corrected chi connectivity index (χ0v) is 14.6. The summed E-state index contributed by atoms with van der Waals surface area (Å²) in [4.78, 5) is 12.2.